The molecule has 0 saturated heterocycles. The highest BCUT2D eigenvalue weighted by atomic mass is 79.9. The number of imide groups is 1. The number of benzene rings is 3. The first kappa shape index (κ1) is 23.0. The molecule has 0 aromatic heterocycles. The molecule has 0 aliphatic carbocycles. The zero-order valence-electron chi connectivity index (χ0n) is 17.1. The summed E-state index contributed by atoms with van der Waals surface area (Å²) in [5.41, 5.74) is 1.85. The fourth-order valence-electron chi connectivity index (χ4n) is 3.07. The third-order valence-corrected chi connectivity index (χ3v) is 6.14. The standard InChI is InChI=1S/C24H15BrCl2N2O4/c1-13-2-9-17(12-19(13)26)29-22(30)20(27)21(23(29)31)28-16-7-3-14(4-8-16)24(32)33-18-10-5-15(25)6-11-18/h2-12,28H,1H3. The molecule has 1 heterocycles. The SMILES string of the molecule is Cc1ccc(N2C(=O)C(Cl)=C(Nc3ccc(C(=O)Oc4ccc(Br)cc4)cc3)C2=O)cc1Cl. The van der Waals surface area contributed by atoms with Gasteiger partial charge >= 0.3 is 5.97 Å². The number of ether oxygens (including phenoxy) is 1. The number of nitrogens with one attached hydrogen (secondary N) is 1. The Hall–Kier alpha value is -3.13. The minimum absolute atomic E-state index is 0.0662. The summed E-state index contributed by atoms with van der Waals surface area (Å²) in [4.78, 5) is 38.8. The Morgan fingerprint density at radius 1 is 0.939 bits per heavy atom. The van der Waals surface area contributed by atoms with Crippen LogP contribution in [0, 0.1) is 6.92 Å². The van der Waals surface area contributed by atoms with E-state index >= 15 is 0 Å². The highest BCUT2D eigenvalue weighted by Gasteiger charge is 2.39. The number of halogens is 3. The maximum atomic E-state index is 12.9. The molecule has 0 atom stereocenters. The number of carbonyl (C=O) groups is 3. The summed E-state index contributed by atoms with van der Waals surface area (Å²) in [6, 6.07) is 18.0. The van der Waals surface area contributed by atoms with Gasteiger partial charge in [0.25, 0.3) is 11.8 Å². The van der Waals surface area contributed by atoms with Gasteiger partial charge in [0.05, 0.1) is 11.3 Å². The lowest BCUT2D eigenvalue weighted by molar-refractivity contribution is -0.120. The molecule has 1 aliphatic rings. The van der Waals surface area contributed by atoms with Crippen LogP contribution >= 0.6 is 39.1 Å². The molecule has 0 bridgehead atoms. The Morgan fingerprint density at radius 2 is 1.61 bits per heavy atom. The van der Waals surface area contributed by atoms with Crippen molar-refractivity contribution >= 4 is 68.3 Å². The quantitative estimate of drug-likeness (QED) is 0.239. The number of amides is 2. The van der Waals surface area contributed by atoms with Crippen LogP contribution < -0.4 is 15.0 Å². The summed E-state index contributed by atoms with van der Waals surface area (Å²) in [5.74, 6) is -1.38. The predicted molar refractivity (Wildman–Crippen MR) is 131 cm³/mol. The van der Waals surface area contributed by atoms with Gasteiger partial charge in [-0.05, 0) is 73.2 Å². The zero-order valence-corrected chi connectivity index (χ0v) is 20.2. The number of aryl methyl sites for hydroxylation is 1. The maximum absolute atomic E-state index is 12.9. The van der Waals surface area contributed by atoms with Crippen molar-refractivity contribution in [3.05, 3.63) is 98.1 Å². The van der Waals surface area contributed by atoms with E-state index < -0.39 is 17.8 Å². The van der Waals surface area contributed by atoms with Gasteiger partial charge in [-0.15, -0.1) is 0 Å². The lowest BCUT2D eigenvalue weighted by Crippen LogP contribution is -2.32. The summed E-state index contributed by atoms with van der Waals surface area (Å²) < 4.78 is 6.20. The number of nitrogens with zero attached hydrogens (tertiary/aromatic N) is 1. The summed E-state index contributed by atoms with van der Waals surface area (Å²) in [6.45, 7) is 1.82. The van der Waals surface area contributed by atoms with Gasteiger partial charge < -0.3 is 10.1 Å². The topological polar surface area (TPSA) is 75.7 Å². The van der Waals surface area contributed by atoms with Crippen LogP contribution in [0.25, 0.3) is 0 Å². The molecule has 4 rings (SSSR count). The minimum atomic E-state index is -0.654. The van der Waals surface area contributed by atoms with E-state index in [1.807, 2.05) is 6.92 Å². The van der Waals surface area contributed by atoms with Gasteiger partial charge in [0.1, 0.15) is 16.5 Å². The monoisotopic (exact) mass is 544 g/mol. The molecule has 33 heavy (non-hydrogen) atoms. The second-order valence-electron chi connectivity index (χ2n) is 7.11. The second kappa shape index (κ2) is 9.39. The number of hydrogen-bond donors (Lipinski definition) is 1. The number of esters is 1. The van der Waals surface area contributed by atoms with Crippen molar-refractivity contribution < 1.29 is 19.1 Å². The Kier molecular flexibility index (Phi) is 6.56. The molecule has 6 nitrogen and oxygen atoms in total. The smallest absolute Gasteiger partial charge is 0.343 e. The van der Waals surface area contributed by atoms with E-state index in [9.17, 15) is 14.4 Å². The Labute approximate surface area is 207 Å². The average molecular weight is 546 g/mol. The molecule has 0 spiro atoms. The van der Waals surface area contributed by atoms with Crippen LogP contribution in [0.1, 0.15) is 15.9 Å². The average Bonchev–Trinajstić information content (AvgIpc) is 3.01. The molecular formula is C24H15BrCl2N2O4. The van der Waals surface area contributed by atoms with Crippen LogP contribution in [0.15, 0.2) is 81.9 Å². The van der Waals surface area contributed by atoms with E-state index in [1.54, 1.807) is 48.5 Å². The fraction of sp³-hybridized carbons (Fsp3) is 0.0417. The number of carbonyl (C=O) groups excluding carboxylic acids is 3. The first-order chi connectivity index (χ1) is 15.7. The predicted octanol–water partition coefficient (Wildman–Crippen LogP) is 6.07. The van der Waals surface area contributed by atoms with Gasteiger partial charge in [-0.3, -0.25) is 9.59 Å². The molecular weight excluding hydrogens is 531 g/mol. The highest BCUT2D eigenvalue weighted by molar-refractivity contribution is 9.10. The maximum Gasteiger partial charge on any atom is 0.343 e. The van der Waals surface area contributed by atoms with Gasteiger partial charge in [0, 0.05) is 15.2 Å². The van der Waals surface area contributed by atoms with Crippen molar-refractivity contribution in [3.63, 3.8) is 0 Å². The summed E-state index contributed by atoms with van der Waals surface area (Å²) >= 11 is 15.6. The summed E-state index contributed by atoms with van der Waals surface area (Å²) in [6.07, 6.45) is 0. The number of rotatable bonds is 5. The molecule has 2 amide bonds. The Bertz CT molecular complexity index is 1310. The molecule has 0 unspecified atom stereocenters. The zero-order chi connectivity index (χ0) is 23.7. The van der Waals surface area contributed by atoms with E-state index in [2.05, 4.69) is 21.2 Å². The second-order valence-corrected chi connectivity index (χ2v) is 8.81. The van der Waals surface area contributed by atoms with Gasteiger partial charge in [-0.2, -0.15) is 0 Å². The third-order valence-electron chi connectivity index (χ3n) is 4.86. The van der Waals surface area contributed by atoms with E-state index in [1.165, 1.54) is 18.2 Å². The Balaban J connectivity index is 1.48. The Morgan fingerprint density at radius 3 is 2.24 bits per heavy atom. The normalized spacial score (nSPS) is 13.5. The van der Waals surface area contributed by atoms with Gasteiger partial charge in [-0.25, -0.2) is 9.69 Å². The van der Waals surface area contributed by atoms with E-state index in [-0.39, 0.29) is 10.7 Å². The van der Waals surface area contributed by atoms with Crippen molar-refractivity contribution in [1.29, 1.82) is 0 Å². The first-order valence-corrected chi connectivity index (χ1v) is 11.2. The van der Waals surface area contributed by atoms with Crippen molar-refractivity contribution in [2.75, 3.05) is 10.2 Å². The highest BCUT2D eigenvalue weighted by Crippen LogP contribution is 2.32. The molecule has 3 aromatic rings. The first-order valence-electron chi connectivity index (χ1n) is 9.64. The van der Waals surface area contributed by atoms with E-state index in [4.69, 9.17) is 27.9 Å². The molecule has 0 saturated carbocycles. The molecule has 0 fully saturated rings. The van der Waals surface area contributed by atoms with Crippen LogP contribution in [-0.2, 0) is 9.59 Å². The summed E-state index contributed by atoms with van der Waals surface area (Å²) in [5, 5.41) is 3.05. The lowest BCUT2D eigenvalue weighted by atomic mass is 10.2. The van der Waals surface area contributed by atoms with Crippen LogP contribution in [0.5, 0.6) is 5.75 Å². The fourth-order valence-corrected chi connectivity index (χ4v) is 3.72. The van der Waals surface area contributed by atoms with Crippen molar-refractivity contribution in [2.45, 2.75) is 6.92 Å². The molecule has 3 aromatic carbocycles. The van der Waals surface area contributed by atoms with Gasteiger partial charge in [0.2, 0.25) is 0 Å². The van der Waals surface area contributed by atoms with E-state index in [0.717, 1.165) is 14.9 Å². The van der Waals surface area contributed by atoms with Crippen molar-refractivity contribution in [1.82, 2.24) is 0 Å². The summed E-state index contributed by atoms with van der Waals surface area (Å²) in [7, 11) is 0. The molecule has 166 valence electrons. The number of hydrogen-bond acceptors (Lipinski definition) is 5. The van der Waals surface area contributed by atoms with Crippen LogP contribution in [-0.4, -0.2) is 17.8 Å². The number of anilines is 2. The minimum Gasteiger partial charge on any atom is -0.423 e. The van der Waals surface area contributed by atoms with E-state index in [0.29, 0.717) is 27.7 Å². The molecule has 9 heteroatoms. The molecule has 1 aliphatic heterocycles. The molecule has 1 N–H and O–H groups in total. The lowest BCUT2D eigenvalue weighted by Gasteiger charge is -2.16. The van der Waals surface area contributed by atoms with Crippen LogP contribution in [0.2, 0.25) is 5.02 Å². The van der Waals surface area contributed by atoms with Crippen molar-refractivity contribution in [2.24, 2.45) is 0 Å². The third kappa shape index (κ3) is 4.80. The van der Waals surface area contributed by atoms with Crippen molar-refractivity contribution in [3.8, 4) is 5.75 Å². The van der Waals surface area contributed by atoms with Gasteiger partial charge in [-0.1, -0.05) is 45.2 Å². The van der Waals surface area contributed by atoms with Crippen LogP contribution in [0.4, 0.5) is 11.4 Å². The van der Waals surface area contributed by atoms with Gasteiger partial charge in [0.15, 0.2) is 0 Å². The largest absolute Gasteiger partial charge is 0.423 e. The molecule has 0 radical (unpaired) electrons. The van der Waals surface area contributed by atoms with Crippen LogP contribution in [0.3, 0.4) is 0 Å².